The maximum Gasteiger partial charge on any atom is 0.338 e. The van der Waals surface area contributed by atoms with E-state index in [1.165, 1.54) is 0 Å². The van der Waals surface area contributed by atoms with Gasteiger partial charge >= 0.3 is 11.9 Å². The van der Waals surface area contributed by atoms with E-state index < -0.39 is 47.2 Å². The summed E-state index contributed by atoms with van der Waals surface area (Å²) in [7, 11) is 0. The molecule has 0 aliphatic rings. The van der Waals surface area contributed by atoms with Crippen LogP contribution in [0.2, 0.25) is 0 Å². The van der Waals surface area contributed by atoms with Crippen LogP contribution in [0.4, 0.5) is 14.5 Å². The Hall–Kier alpha value is -2.51. The fourth-order valence-electron chi connectivity index (χ4n) is 1.14. The van der Waals surface area contributed by atoms with Crippen molar-refractivity contribution in [2.75, 3.05) is 5.32 Å². The number of hydrogen-bond acceptors (Lipinski definition) is 3. The molecule has 1 rings (SSSR count). The SMILES string of the molecule is O=C(O)CC(=O)Nc1cc(C(=O)O)c(F)cc1F. The van der Waals surface area contributed by atoms with E-state index in [9.17, 15) is 23.2 Å². The van der Waals surface area contributed by atoms with Crippen LogP contribution in [-0.2, 0) is 9.59 Å². The van der Waals surface area contributed by atoms with E-state index in [1.54, 1.807) is 0 Å². The van der Waals surface area contributed by atoms with Crippen LogP contribution in [0.3, 0.4) is 0 Å². The van der Waals surface area contributed by atoms with Crippen LogP contribution < -0.4 is 5.32 Å². The molecule has 1 aromatic rings. The summed E-state index contributed by atoms with van der Waals surface area (Å²) >= 11 is 0. The fraction of sp³-hybridized carbons (Fsp3) is 0.100. The normalized spacial score (nSPS) is 9.89. The lowest BCUT2D eigenvalue weighted by Gasteiger charge is -2.07. The molecule has 0 radical (unpaired) electrons. The first-order valence-corrected chi connectivity index (χ1v) is 4.55. The van der Waals surface area contributed by atoms with Gasteiger partial charge < -0.3 is 15.5 Å². The monoisotopic (exact) mass is 259 g/mol. The predicted molar refractivity (Wildman–Crippen MR) is 54.2 cm³/mol. The van der Waals surface area contributed by atoms with Crippen LogP contribution in [0.25, 0.3) is 0 Å². The molecule has 0 aliphatic carbocycles. The van der Waals surface area contributed by atoms with Crippen molar-refractivity contribution in [2.24, 2.45) is 0 Å². The molecule has 0 aliphatic heterocycles. The molecule has 6 nitrogen and oxygen atoms in total. The second kappa shape index (κ2) is 5.21. The van der Waals surface area contributed by atoms with Gasteiger partial charge in [0.2, 0.25) is 5.91 Å². The predicted octanol–water partition coefficient (Wildman–Crippen LogP) is 1.08. The molecule has 0 saturated carbocycles. The first-order valence-electron chi connectivity index (χ1n) is 4.55. The molecular weight excluding hydrogens is 252 g/mol. The summed E-state index contributed by atoms with van der Waals surface area (Å²) in [5, 5.41) is 18.7. The quantitative estimate of drug-likeness (QED) is 0.702. The van der Waals surface area contributed by atoms with Crippen molar-refractivity contribution < 1.29 is 33.4 Å². The third-order valence-electron chi connectivity index (χ3n) is 1.87. The van der Waals surface area contributed by atoms with E-state index in [2.05, 4.69) is 0 Å². The first-order chi connectivity index (χ1) is 8.31. The number of aromatic carboxylic acids is 1. The van der Waals surface area contributed by atoms with Gasteiger partial charge in [0.1, 0.15) is 18.1 Å². The Balaban J connectivity index is 3.02. The molecule has 0 bridgehead atoms. The topological polar surface area (TPSA) is 104 Å². The van der Waals surface area contributed by atoms with Gasteiger partial charge in [0.15, 0.2) is 0 Å². The van der Waals surface area contributed by atoms with Gasteiger partial charge in [-0.25, -0.2) is 13.6 Å². The van der Waals surface area contributed by atoms with Crippen LogP contribution in [0.15, 0.2) is 12.1 Å². The summed E-state index contributed by atoms with van der Waals surface area (Å²) in [6, 6.07) is 0.868. The van der Waals surface area contributed by atoms with Crippen molar-refractivity contribution in [1.29, 1.82) is 0 Å². The Morgan fingerprint density at radius 1 is 1.11 bits per heavy atom. The summed E-state index contributed by atoms with van der Waals surface area (Å²) in [6.07, 6.45) is -0.917. The Bertz CT molecular complexity index is 529. The highest BCUT2D eigenvalue weighted by Crippen LogP contribution is 2.19. The summed E-state index contributed by atoms with van der Waals surface area (Å²) < 4.78 is 26.2. The van der Waals surface area contributed by atoms with Crippen molar-refractivity contribution in [3.8, 4) is 0 Å². The molecule has 96 valence electrons. The summed E-state index contributed by atoms with van der Waals surface area (Å²) in [5.41, 5.74) is -1.43. The van der Waals surface area contributed by atoms with Gasteiger partial charge in [-0.3, -0.25) is 9.59 Å². The zero-order valence-corrected chi connectivity index (χ0v) is 8.74. The van der Waals surface area contributed by atoms with Crippen LogP contribution >= 0.6 is 0 Å². The van der Waals surface area contributed by atoms with Crippen molar-refractivity contribution >= 4 is 23.5 Å². The molecule has 0 atom stereocenters. The zero-order valence-electron chi connectivity index (χ0n) is 8.74. The van der Waals surface area contributed by atoms with Gasteiger partial charge in [-0.2, -0.15) is 0 Å². The number of carbonyl (C=O) groups is 3. The number of anilines is 1. The van der Waals surface area contributed by atoms with Crippen LogP contribution in [0, 0.1) is 11.6 Å². The number of amides is 1. The smallest absolute Gasteiger partial charge is 0.338 e. The minimum Gasteiger partial charge on any atom is -0.481 e. The zero-order chi connectivity index (χ0) is 13.9. The average Bonchev–Trinajstić information content (AvgIpc) is 2.20. The van der Waals surface area contributed by atoms with Gasteiger partial charge in [-0.15, -0.1) is 0 Å². The minimum atomic E-state index is -1.64. The minimum absolute atomic E-state index is 0.292. The Labute approximate surface area is 98.8 Å². The molecule has 1 aromatic carbocycles. The van der Waals surface area contributed by atoms with Gasteiger partial charge in [-0.1, -0.05) is 0 Å². The summed E-state index contributed by atoms with van der Waals surface area (Å²) in [5.74, 6) is -6.62. The van der Waals surface area contributed by atoms with E-state index >= 15 is 0 Å². The Morgan fingerprint density at radius 3 is 2.22 bits per heavy atom. The van der Waals surface area contributed by atoms with Crippen LogP contribution in [-0.4, -0.2) is 28.1 Å². The number of carboxylic acids is 2. The molecule has 18 heavy (non-hydrogen) atoms. The highest BCUT2D eigenvalue weighted by molar-refractivity contribution is 6.02. The first kappa shape index (κ1) is 13.6. The molecule has 0 fully saturated rings. The lowest BCUT2D eigenvalue weighted by atomic mass is 10.1. The number of halogens is 2. The number of aliphatic carboxylic acids is 1. The molecule has 1 amide bonds. The lowest BCUT2D eigenvalue weighted by molar-refractivity contribution is -0.139. The van der Waals surface area contributed by atoms with E-state index in [0.717, 1.165) is 0 Å². The van der Waals surface area contributed by atoms with E-state index in [-0.39, 0.29) is 0 Å². The van der Waals surface area contributed by atoms with Gasteiger partial charge in [0, 0.05) is 6.07 Å². The van der Waals surface area contributed by atoms with Crippen molar-refractivity contribution in [3.63, 3.8) is 0 Å². The third-order valence-corrected chi connectivity index (χ3v) is 1.87. The largest absolute Gasteiger partial charge is 0.481 e. The maximum atomic E-state index is 13.2. The lowest BCUT2D eigenvalue weighted by Crippen LogP contribution is -2.17. The number of carboxylic acid groups (broad SMARTS) is 2. The van der Waals surface area contributed by atoms with Gasteiger partial charge in [0.05, 0.1) is 11.3 Å². The van der Waals surface area contributed by atoms with Crippen molar-refractivity contribution in [2.45, 2.75) is 6.42 Å². The molecule has 8 heteroatoms. The number of nitrogens with one attached hydrogen (secondary N) is 1. The summed E-state index contributed by atoms with van der Waals surface area (Å²) in [6.45, 7) is 0. The van der Waals surface area contributed by atoms with E-state index in [4.69, 9.17) is 10.2 Å². The number of hydrogen-bond donors (Lipinski definition) is 3. The molecule has 0 spiro atoms. The highest BCUT2D eigenvalue weighted by atomic mass is 19.1. The summed E-state index contributed by atoms with van der Waals surface area (Å²) in [4.78, 5) is 31.8. The van der Waals surface area contributed by atoms with Gasteiger partial charge in [-0.05, 0) is 6.07 Å². The number of carbonyl (C=O) groups excluding carboxylic acids is 1. The van der Waals surface area contributed by atoms with E-state index in [0.29, 0.717) is 12.1 Å². The number of benzene rings is 1. The van der Waals surface area contributed by atoms with E-state index in [1.807, 2.05) is 5.32 Å². The second-order valence-corrected chi connectivity index (χ2v) is 3.24. The van der Waals surface area contributed by atoms with Gasteiger partial charge in [0.25, 0.3) is 0 Å². The molecule has 0 aromatic heterocycles. The van der Waals surface area contributed by atoms with Crippen LogP contribution in [0.1, 0.15) is 16.8 Å². The Kier molecular flexibility index (Phi) is 3.93. The third kappa shape index (κ3) is 3.24. The molecule has 0 unspecified atom stereocenters. The molecule has 0 saturated heterocycles. The molecule has 0 heterocycles. The molecule has 3 N–H and O–H groups in total. The van der Waals surface area contributed by atoms with Crippen molar-refractivity contribution in [3.05, 3.63) is 29.3 Å². The fourth-order valence-corrected chi connectivity index (χ4v) is 1.14. The standard InChI is InChI=1S/C10H7F2NO5/c11-5-2-6(12)7(1-4(5)10(17)18)13-8(14)3-9(15)16/h1-2H,3H2,(H,13,14)(H,15,16)(H,17,18). The Morgan fingerprint density at radius 2 is 1.72 bits per heavy atom. The average molecular weight is 259 g/mol. The van der Waals surface area contributed by atoms with Crippen LogP contribution in [0.5, 0.6) is 0 Å². The van der Waals surface area contributed by atoms with Crippen molar-refractivity contribution in [1.82, 2.24) is 0 Å². The highest BCUT2D eigenvalue weighted by Gasteiger charge is 2.17. The second-order valence-electron chi connectivity index (χ2n) is 3.24. The number of rotatable bonds is 4. The molecular formula is C10H7F2NO5. The maximum absolute atomic E-state index is 13.2.